The zero-order valence-electron chi connectivity index (χ0n) is 11.1. The Kier molecular flexibility index (Phi) is 4.18. The van der Waals surface area contributed by atoms with E-state index in [0.29, 0.717) is 6.42 Å². The van der Waals surface area contributed by atoms with Gasteiger partial charge in [0.05, 0.1) is 13.5 Å². The van der Waals surface area contributed by atoms with Crippen LogP contribution in [-0.4, -0.2) is 13.0 Å². The van der Waals surface area contributed by atoms with Gasteiger partial charge in [-0.3, -0.25) is 4.79 Å². The largest absolute Gasteiger partial charge is 0.496 e. The molecule has 0 fully saturated rings. The predicted octanol–water partition coefficient (Wildman–Crippen LogP) is 3.18. The van der Waals surface area contributed by atoms with Gasteiger partial charge in [-0.2, -0.15) is 0 Å². The molecule has 0 aliphatic carbocycles. The third-order valence-electron chi connectivity index (χ3n) is 2.89. The van der Waals surface area contributed by atoms with Crippen molar-refractivity contribution < 1.29 is 9.53 Å². The van der Waals surface area contributed by atoms with E-state index in [2.05, 4.69) is 5.32 Å². The van der Waals surface area contributed by atoms with Gasteiger partial charge in [-0.05, 0) is 36.2 Å². The minimum atomic E-state index is -0.0178. The maximum Gasteiger partial charge on any atom is 0.228 e. The number of amides is 1. The average Bonchev–Trinajstić information content (AvgIpc) is 2.40. The van der Waals surface area contributed by atoms with Crippen LogP contribution in [0.1, 0.15) is 11.1 Å². The number of ether oxygens (including phenoxy) is 1. The Morgan fingerprint density at radius 2 is 1.89 bits per heavy atom. The van der Waals surface area contributed by atoms with Crippen molar-refractivity contribution in [2.45, 2.75) is 13.3 Å². The Bertz CT molecular complexity index is 564. The lowest BCUT2D eigenvalue weighted by Crippen LogP contribution is -2.14. The van der Waals surface area contributed by atoms with E-state index < -0.39 is 0 Å². The van der Waals surface area contributed by atoms with Gasteiger partial charge < -0.3 is 10.1 Å². The number of carbonyl (C=O) groups excluding carboxylic acids is 1. The summed E-state index contributed by atoms with van der Waals surface area (Å²) in [5.41, 5.74) is 2.80. The predicted molar refractivity (Wildman–Crippen MR) is 76.5 cm³/mol. The first-order valence-electron chi connectivity index (χ1n) is 6.17. The maximum absolute atomic E-state index is 11.9. The molecule has 0 radical (unpaired) electrons. The van der Waals surface area contributed by atoms with Crippen LogP contribution < -0.4 is 10.1 Å². The number of rotatable bonds is 4. The first kappa shape index (κ1) is 13.1. The SMILES string of the molecule is COc1ccc(NC(=O)Cc2ccccc2)cc1C. The van der Waals surface area contributed by atoms with Gasteiger partial charge >= 0.3 is 0 Å². The molecular weight excluding hydrogens is 238 g/mol. The molecule has 0 aromatic heterocycles. The zero-order valence-corrected chi connectivity index (χ0v) is 11.1. The molecular formula is C16H17NO2. The second kappa shape index (κ2) is 6.05. The number of methoxy groups -OCH3 is 1. The van der Waals surface area contributed by atoms with Crippen molar-refractivity contribution in [3.63, 3.8) is 0 Å². The standard InChI is InChI=1S/C16H17NO2/c1-12-10-14(8-9-15(12)19-2)17-16(18)11-13-6-4-3-5-7-13/h3-10H,11H2,1-2H3,(H,17,18). The van der Waals surface area contributed by atoms with Crippen molar-refractivity contribution in [3.05, 3.63) is 59.7 Å². The van der Waals surface area contributed by atoms with E-state index in [1.54, 1.807) is 7.11 Å². The molecule has 0 aliphatic heterocycles. The Morgan fingerprint density at radius 1 is 1.16 bits per heavy atom. The summed E-state index contributed by atoms with van der Waals surface area (Å²) in [7, 11) is 1.63. The Morgan fingerprint density at radius 3 is 2.53 bits per heavy atom. The summed E-state index contributed by atoms with van der Waals surface area (Å²) in [5.74, 6) is 0.803. The molecule has 0 atom stereocenters. The number of anilines is 1. The lowest BCUT2D eigenvalue weighted by Gasteiger charge is -2.09. The minimum Gasteiger partial charge on any atom is -0.496 e. The van der Waals surface area contributed by atoms with Gasteiger partial charge in [0.15, 0.2) is 0 Å². The summed E-state index contributed by atoms with van der Waals surface area (Å²) < 4.78 is 5.19. The quantitative estimate of drug-likeness (QED) is 0.911. The highest BCUT2D eigenvalue weighted by molar-refractivity contribution is 5.92. The second-order valence-electron chi connectivity index (χ2n) is 4.39. The van der Waals surface area contributed by atoms with Gasteiger partial charge in [-0.25, -0.2) is 0 Å². The molecule has 1 amide bonds. The van der Waals surface area contributed by atoms with Crippen LogP contribution in [0.2, 0.25) is 0 Å². The van der Waals surface area contributed by atoms with Gasteiger partial charge in [0.2, 0.25) is 5.91 Å². The van der Waals surface area contributed by atoms with Crippen LogP contribution in [0, 0.1) is 6.92 Å². The monoisotopic (exact) mass is 255 g/mol. The van der Waals surface area contributed by atoms with Gasteiger partial charge in [-0.1, -0.05) is 30.3 Å². The van der Waals surface area contributed by atoms with Gasteiger partial charge in [0.1, 0.15) is 5.75 Å². The van der Waals surface area contributed by atoms with Gasteiger partial charge in [-0.15, -0.1) is 0 Å². The summed E-state index contributed by atoms with van der Waals surface area (Å²) in [6.45, 7) is 1.95. The minimum absolute atomic E-state index is 0.0178. The maximum atomic E-state index is 11.9. The molecule has 19 heavy (non-hydrogen) atoms. The van der Waals surface area contributed by atoms with E-state index in [0.717, 1.165) is 22.6 Å². The molecule has 0 spiro atoms. The van der Waals surface area contributed by atoms with E-state index in [1.807, 2.05) is 55.5 Å². The normalized spacial score (nSPS) is 10.0. The molecule has 0 saturated heterocycles. The Balaban J connectivity index is 2.01. The van der Waals surface area contributed by atoms with Crippen LogP contribution in [0.15, 0.2) is 48.5 Å². The van der Waals surface area contributed by atoms with Crippen molar-refractivity contribution in [2.75, 3.05) is 12.4 Å². The number of benzene rings is 2. The van der Waals surface area contributed by atoms with Crippen LogP contribution in [0.25, 0.3) is 0 Å². The van der Waals surface area contributed by atoms with Crippen LogP contribution in [0.4, 0.5) is 5.69 Å². The van der Waals surface area contributed by atoms with Crippen LogP contribution in [0.3, 0.4) is 0 Å². The molecule has 1 N–H and O–H groups in total. The highest BCUT2D eigenvalue weighted by Crippen LogP contribution is 2.21. The second-order valence-corrected chi connectivity index (χ2v) is 4.39. The van der Waals surface area contributed by atoms with Crippen molar-refractivity contribution in [2.24, 2.45) is 0 Å². The summed E-state index contributed by atoms with van der Waals surface area (Å²) in [6.07, 6.45) is 0.381. The third kappa shape index (κ3) is 3.58. The van der Waals surface area contributed by atoms with E-state index in [9.17, 15) is 4.79 Å². The first-order chi connectivity index (χ1) is 9.19. The Hall–Kier alpha value is -2.29. The number of hydrogen-bond acceptors (Lipinski definition) is 2. The molecule has 2 rings (SSSR count). The number of hydrogen-bond donors (Lipinski definition) is 1. The average molecular weight is 255 g/mol. The molecule has 0 bridgehead atoms. The third-order valence-corrected chi connectivity index (χ3v) is 2.89. The van der Waals surface area contributed by atoms with Crippen LogP contribution >= 0.6 is 0 Å². The van der Waals surface area contributed by atoms with E-state index in [1.165, 1.54) is 0 Å². The number of aryl methyl sites for hydroxylation is 1. The summed E-state index contributed by atoms with van der Waals surface area (Å²) in [4.78, 5) is 11.9. The molecule has 98 valence electrons. The van der Waals surface area contributed by atoms with Crippen molar-refractivity contribution in [3.8, 4) is 5.75 Å². The molecule has 0 heterocycles. The number of nitrogens with one attached hydrogen (secondary N) is 1. The van der Waals surface area contributed by atoms with Gasteiger partial charge in [0.25, 0.3) is 0 Å². The van der Waals surface area contributed by atoms with Crippen LogP contribution in [-0.2, 0) is 11.2 Å². The molecule has 3 nitrogen and oxygen atoms in total. The van der Waals surface area contributed by atoms with Gasteiger partial charge in [0, 0.05) is 5.69 Å². The van der Waals surface area contributed by atoms with Crippen molar-refractivity contribution in [1.29, 1.82) is 0 Å². The fourth-order valence-electron chi connectivity index (χ4n) is 1.94. The molecule has 3 heteroatoms. The van der Waals surface area contributed by atoms with Crippen LogP contribution in [0.5, 0.6) is 5.75 Å². The molecule has 0 aliphatic rings. The molecule has 0 unspecified atom stereocenters. The highest BCUT2D eigenvalue weighted by atomic mass is 16.5. The van der Waals surface area contributed by atoms with E-state index in [-0.39, 0.29) is 5.91 Å². The molecule has 2 aromatic rings. The summed E-state index contributed by atoms with van der Waals surface area (Å²) in [6, 6.07) is 15.3. The fraction of sp³-hybridized carbons (Fsp3) is 0.188. The molecule has 0 saturated carbocycles. The summed E-state index contributed by atoms with van der Waals surface area (Å²) >= 11 is 0. The van der Waals surface area contributed by atoms with Crippen molar-refractivity contribution >= 4 is 11.6 Å². The lowest BCUT2D eigenvalue weighted by molar-refractivity contribution is -0.115. The first-order valence-corrected chi connectivity index (χ1v) is 6.17. The smallest absolute Gasteiger partial charge is 0.228 e. The topological polar surface area (TPSA) is 38.3 Å². The fourth-order valence-corrected chi connectivity index (χ4v) is 1.94. The molecule has 2 aromatic carbocycles. The lowest BCUT2D eigenvalue weighted by atomic mass is 10.1. The number of carbonyl (C=O) groups is 1. The summed E-state index contributed by atoms with van der Waals surface area (Å²) in [5, 5.41) is 2.89. The Labute approximate surface area is 113 Å². The van der Waals surface area contributed by atoms with E-state index in [4.69, 9.17) is 4.74 Å². The highest BCUT2D eigenvalue weighted by Gasteiger charge is 2.05. The van der Waals surface area contributed by atoms with Crippen molar-refractivity contribution in [1.82, 2.24) is 0 Å². The van der Waals surface area contributed by atoms with E-state index >= 15 is 0 Å². The zero-order chi connectivity index (χ0) is 13.7.